The van der Waals surface area contributed by atoms with Crippen LogP contribution in [0.2, 0.25) is 0 Å². The van der Waals surface area contributed by atoms with Crippen LogP contribution in [0.15, 0.2) is 78.9 Å². The van der Waals surface area contributed by atoms with Gasteiger partial charge in [0.2, 0.25) is 11.8 Å². The lowest BCUT2D eigenvalue weighted by Crippen LogP contribution is -2.43. The first kappa shape index (κ1) is 26.7. The fraction of sp³-hybridized carbons (Fsp3) is 0.258. The molecule has 1 aliphatic rings. The largest absolute Gasteiger partial charge is 0.383 e. The summed E-state index contributed by atoms with van der Waals surface area (Å²) in [6, 6.07) is 26.3. The van der Waals surface area contributed by atoms with Crippen molar-refractivity contribution in [2.45, 2.75) is 19.1 Å². The normalized spacial score (nSPS) is 15.1. The zero-order valence-electron chi connectivity index (χ0n) is 22.4. The average Bonchev–Trinajstić information content (AvgIpc) is 3.27. The highest BCUT2D eigenvalue weighted by atomic mass is 32.2. The van der Waals surface area contributed by atoms with E-state index in [0.29, 0.717) is 19.0 Å². The minimum absolute atomic E-state index is 0.109. The van der Waals surface area contributed by atoms with Gasteiger partial charge in [-0.1, -0.05) is 72.8 Å². The van der Waals surface area contributed by atoms with Gasteiger partial charge in [0.05, 0.1) is 29.0 Å². The molecule has 0 aliphatic carbocycles. The summed E-state index contributed by atoms with van der Waals surface area (Å²) >= 11 is 1.58. The van der Waals surface area contributed by atoms with E-state index in [1.165, 1.54) is 0 Å². The molecular weight excluding hydrogens is 508 g/mol. The van der Waals surface area contributed by atoms with Gasteiger partial charge in [0.1, 0.15) is 12.4 Å². The third-order valence-corrected chi connectivity index (χ3v) is 8.12. The lowest BCUT2D eigenvalue weighted by molar-refractivity contribution is -0.123. The molecule has 4 aromatic rings. The Morgan fingerprint density at radius 2 is 1.69 bits per heavy atom. The lowest BCUT2D eigenvalue weighted by Gasteiger charge is -2.24. The van der Waals surface area contributed by atoms with Crippen LogP contribution >= 0.6 is 11.8 Å². The minimum Gasteiger partial charge on any atom is -0.383 e. The maximum Gasteiger partial charge on any atom is 0.240 e. The molecule has 3 aromatic carbocycles. The predicted octanol–water partition coefficient (Wildman–Crippen LogP) is 5.09. The number of nitrogens with one attached hydrogen (secondary N) is 1. The molecule has 0 spiro atoms. The zero-order valence-corrected chi connectivity index (χ0v) is 23.2. The molecule has 8 heteroatoms. The predicted molar refractivity (Wildman–Crippen MR) is 156 cm³/mol. The van der Waals surface area contributed by atoms with Gasteiger partial charge in [-0.2, -0.15) is 5.10 Å². The number of anilines is 1. The van der Waals surface area contributed by atoms with E-state index in [-0.39, 0.29) is 29.4 Å². The summed E-state index contributed by atoms with van der Waals surface area (Å²) in [7, 11) is 1.59. The summed E-state index contributed by atoms with van der Waals surface area (Å²) in [5.74, 6) is 0.493. The van der Waals surface area contributed by atoms with Crippen LogP contribution in [0, 0.1) is 13.8 Å². The number of para-hydroxylation sites is 1. The van der Waals surface area contributed by atoms with Crippen molar-refractivity contribution in [3.8, 4) is 16.9 Å². The smallest absolute Gasteiger partial charge is 0.240 e. The molecule has 200 valence electrons. The average molecular weight is 541 g/mol. The molecular formula is C31H32N4O3S. The molecule has 1 aliphatic heterocycles. The van der Waals surface area contributed by atoms with Crippen LogP contribution in [0.1, 0.15) is 27.5 Å². The van der Waals surface area contributed by atoms with Crippen molar-refractivity contribution in [3.63, 3.8) is 0 Å². The van der Waals surface area contributed by atoms with E-state index in [4.69, 9.17) is 9.84 Å². The van der Waals surface area contributed by atoms with E-state index >= 15 is 0 Å². The second-order valence-corrected chi connectivity index (χ2v) is 10.6. The Hall–Kier alpha value is -3.88. The van der Waals surface area contributed by atoms with E-state index in [1.807, 2.05) is 78.3 Å². The summed E-state index contributed by atoms with van der Waals surface area (Å²) in [6.07, 6.45) is 0. The van der Waals surface area contributed by atoms with Gasteiger partial charge in [-0.3, -0.25) is 14.5 Å². The first-order valence-electron chi connectivity index (χ1n) is 13.0. The van der Waals surface area contributed by atoms with Crippen molar-refractivity contribution in [3.05, 3.63) is 101 Å². The fourth-order valence-corrected chi connectivity index (χ4v) is 6.21. The number of aromatic nitrogens is 2. The van der Waals surface area contributed by atoms with E-state index in [2.05, 4.69) is 24.4 Å². The quantitative estimate of drug-likeness (QED) is 0.315. The summed E-state index contributed by atoms with van der Waals surface area (Å²) in [5.41, 5.74) is 6.84. The van der Waals surface area contributed by atoms with Crippen LogP contribution < -0.4 is 10.2 Å². The molecule has 7 nitrogen and oxygen atoms in total. The molecule has 0 saturated carbocycles. The van der Waals surface area contributed by atoms with E-state index in [0.717, 1.165) is 39.2 Å². The molecule has 0 unspecified atom stereocenters. The number of hydrogen-bond acceptors (Lipinski definition) is 5. The highest BCUT2D eigenvalue weighted by molar-refractivity contribution is 8.00. The van der Waals surface area contributed by atoms with Crippen LogP contribution in [0.25, 0.3) is 16.9 Å². The molecule has 1 atom stereocenters. The number of amides is 2. The minimum atomic E-state index is -0.246. The van der Waals surface area contributed by atoms with Gasteiger partial charge in [0, 0.05) is 24.8 Å². The number of nitrogens with zero attached hydrogens (tertiary/aromatic N) is 3. The number of aryl methyl sites for hydroxylation is 2. The molecule has 1 aromatic heterocycles. The second-order valence-electron chi connectivity index (χ2n) is 9.52. The van der Waals surface area contributed by atoms with Crippen LogP contribution in [-0.4, -0.2) is 54.2 Å². The molecule has 0 bridgehead atoms. The Bertz CT molecular complexity index is 1480. The highest BCUT2D eigenvalue weighted by Gasteiger charge is 2.38. The van der Waals surface area contributed by atoms with Gasteiger partial charge in [-0.25, -0.2) is 4.68 Å². The maximum absolute atomic E-state index is 13.8. The van der Waals surface area contributed by atoms with Crippen molar-refractivity contribution in [1.82, 2.24) is 15.1 Å². The Morgan fingerprint density at radius 1 is 1.00 bits per heavy atom. The topological polar surface area (TPSA) is 76.5 Å². The number of carbonyl (C=O) groups is 2. The van der Waals surface area contributed by atoms with E-state index < -0.39 is 0 Å². The lowest BCUT2D eigenvalue weighted by atomic mass is 9.96. The molecule has 1 N–H and O–H groups in total. The number of ether oxygens (including phenoxy) is 1. The van der Waals surface area contributed by atoms with E-state index in [1.54, 1.807) is 23.8 Å². The molecule has 0 fully saturated rings. The van der Waals surface area contributed by atoms with Gasteiger partial charge >= 0.3 is 0 Å². The van der Waals surface area contributed by atoms with Crippen LogP contribution in [0.3, 0.4) is 0 Å². The number of benzene rings is 3. The van der Waals surface area contributed by atoms with Gasteiger partial charge in [-0.15, -0.1) is 11.8 Å². The number of carbonyl (C=O) groups excluding carboxylic acids is 2. The van der Waals surface area contributed by atoms with E-state index in [9.17, 15) is 9.59 Å². The van der Waals surface area contributed by atoms with Crippen LogP contribution in [0.4, 0.5) is 5.82 Å². The molecule has 39 heavy (non-hydrogen) atoms. The van der Waals surface area contributed by atoms with Crippen molar-refractivity contribution < 1.29 is 14.3 Å². The summed E-state index contributed by atoms with van der Waals surface area (Å²) in [6.45, 7) is 4.78. The monoisotopic (exact) mass is 540 g/mol. The Balaban J connectivity index is 1.78. The van der Waals surface area contributed by atoms with Gasteiger partial charge in [-0.05, 0) is 36.6 Å². The van der Waals surface area contributed by atoms with Crippen LogP contribution in [0.5, 0.6) is 0 Å². The Labute approximate surface area is 233 Å². The molecule has 5 rings (SSSR count). The molecule has 2 heterocycles. The number of hydrogen-bond donors (Lipinski definition) is 1. The Kier molecular flexibility index (Phi) is 8.14. The third-order valence-electron chi connectivity index (χ3n) is 6.88. The summed E-state index contributed by atoms with van der Waals surface area (Å²) in [5, 5.41) is 7.88. The summed E-state index contributed by atoms with van der Waals surface area (Å²) < 4.78 is 6.94. The number of rotatable bonds is 8. The van der Waals surface area contributed by atoms with Gasteiger partial charge < -0.3 is 10.1 Å². The van der Waals surface area contributed by atoms with Gasteiger partial charge in [0.25, 0.3) is 0 Å². The molecule has 0 radical (unpaired) electrons. The first-order valence-corrected chi connectivity index (χ1v) is 14.0. The van der Waals surface area contributed by atoms with Crippen molar-refractivity contribution in [2.75, 3.05) is 37.5 Å². The van der Waals surface area contributed by atoms with Crippen molar-refractivity contribution in [1.29, 1.82) is 0 Å². The molecule has 2 amide bonds. The maximum atomic E-state index is 13.8. The highest BCUT2D eigenvalue weighted by Crippen LogP contribution is 2.49. The standard InChI is InChI=1S/C31H32N4O3S/c1-21-11-7-9-15-24(21)30-28-29(23-13-5-4-6-14-23)33-35(25-16-10-8-12-22(25)2)31(28)34(27(37)20-39-30)19-26(36)32-17-18-38-3/h4-16,30H,17-20H2,1-3H3,(H,32,36)/t30-/m1/s1. The van der Waals surface area contributed by atoms with Crippen molar-refractivity contribution in [2.24, 2.45) is 0 Å². The molecule has 0 saturated heterocycles. The Morgan fingerprint density at radius 3 is 2.41 bits per heavy atom. The SMILES string of the molecule is COCCNC(=O)CN1C(=O)CS[C@H](c2ccccc2C)c2c(-c3ccccc3)nn(-c3ccccc3C)c21. The first-order chi connectivity index (χ1) is 19.0. The third kappa shape index (κ3) is 5.48. The zero-order chi connectivity index (χ0) is 27.4. The number of thioether (sulfide) groups is 1. The second kappa shape index (κ2) is 11.9. The van der Waals surface area contributed by atoms with Crippen LogP contribution in [-0.2, 0) is 14.3 Å². The number of methoxy groups -OCH3 is 1. The summed E-state index contributed by atoms with van der Waals surface area (Å²) in [4.78, 5) is 28.4. The van der Waals surface area contributed by atoms with Gasteiger partial charge in [0.15, 0.2) is 0 Å². The number of fused-ring (bicyclic) bond motifs is 1. The fourth-order valence-electron chi connectivity index (χ4n) is 4.92. The van der Waals surface area contributed by atoms with Crippen molar-refractivity contribution >= 4 is 29.4 Å².